The monoisotopic (exact) mass is 729 g/mol. The molecule has 6 nitrogen and oxygen atoms in total. The lowest BCUT2D eigenvalue weighted by atomic mass is 10.1. The second-order valence-electron chi connectivity index (χ2n) is 12.7. The highest BCUT2D eigenvalue weighted by Crippen LogP contribution is 2.06. The van der Waals surface area contributed by atoms with Crippen molar-refractivity contribution in [3.63, 3.8) is 0 Å². The predicted octanol–water partition coefficient (Wildman–Crippen LogP) is 11.8. The van der Waals surface area contributed by atoms with Crippen LogP contribution in [0.4, 0.5) is 0 Å². The van der Waals surface area contributed by atoms with Gasteiger partial charge in [-0.2, -0.15) is 0 Å². The summed E-state index contributed by atoms with van der Waals surface area (Å²) in [4.78, 5) is 36.9. The smallest absolute Gasteiger partial charge is 0.328 e. The number of carbonyl (C=O) groups is 3. The molecule has 6 heteroatoms. The van der Waals surface area contributed by atoms with Crippen LogP contribution in [-0.2, 0) is 19.1 Å². The van der Waals surface area contributed by atoms with E-state index in [-0.39, 0.29) is 11.8 Å². The highest BCUT2D eigenvalue weighted by atomic mass is 16.5. The van der Waals surface area contributed by atoms with Gasteiger partial charge in [0, 0.05) is 19.4 Å². The van der Waals surface area contributed by atoms with Crippen LogP contribution in [0, 0.1) is 0 Å². The Bertz CT molecular complexity index is 1210. The SMILES string of the molecule is CCC=CCC=CCC=CCC=CCC=CCCCC(=O)NCCCCC(NC(=O)CCCC=CCC=CCC=CCC=CCC=CCC)C(=O)OC. The maximum absolute atomic E-state index is 12.5. The Morgan fingerprint density at radius 1 is 0.472 bits per heavy atom. The van der Waals surface area contributed by atoms with Crippen molar-refractivity contribution in [2.45, 2.75) is 142 Å². The topological polar surface area (TPSA) is 84.5 Å². The summed E-state index contributed by atoms with van der Waals surface area (Å²) in [6, 6.07) is -0.666. The zero-order chi connectivity index (χ0) is 38.7. The van der Waals surface area contributed by atoms with Crippen molar-refractivity contribution in [3.05, 3.63) is 122 Å². The number of amides is 2. The molecule has 0 aliphatic carbocycles. The van der Waals surface area contributed by atoms with E-state index in [0.717, 1.165) is 96.3 Å². The molecule has 294 valence electrons. The van der Waals surface area contributed by atoms with Gasteiger partial charge in [-0.15, -0.1) is 0 Å². The molecule has 0 bridgehead atoms. The molecule has 0 aromatic rings. The van der Waals surface area contributed by atoms with Gasteiger partial charge < -0.3 is 15.4 Å². The van der Waals surface area contributed by atoms with Crippen LogP contribution < -0.4 is 10.6 Å². The molecule has 1 unspecified atom stereocenters. The molecule has 0 aromatic carbocycles. The maximum atomic E-state index is 12.5. The van der Waals surface area contributed by atoms with E-state index in [2.05, 4.69) is 146 Å². The average Bonchev–Trinajstić information content (AvgIpc) is 3.16. The average molecular weight is 729 g/mol. The van der Waals surface area contributed by atoms with E-state index < -0.39 is 12.0 Å². The molecule has 1 atom stereocenters. The third kappa shape index (κ3) is 37.4. The van der Waals surface area contributed by atoms with Gasteiger partial charge in [0.15, 0.2) is 0 Å². The molecular formula is C47H72N2O4. The second-order valence-corrected chi connectivity index (χ2v) is 12.7. The Labute approximate surface area is 323 Å². The molecule has 0 saturated heterocycles. The summed E-state index contributed by atoms with van der Waals surface area (Å²) in [5.41, 5.74) is 0. The first-order valence-corrected chi connectivity index (χ1v) is 20.2. The van der Waals surface area contributed by atoms with E-state index in [1.807, 2.05) is 0 Å². The van der Waals surface area contributed by atoms with Crippen LogP contribution in [0.25, 0.3) is 0 Å². The van der Waals surface area contributed by atoms with Crippen LogP contribution in [0.15, 0.2) is 122 Å². The Kier molecular flexibility index (Phi) is 37.4. The van der Waals surface area contributed by atoms with Crippen molar-refractivity contribution < 1.29 is 19.1 Å². The minimum atomic E-state index is -0.666. The van der Waals surface area contributed by atoms with Crippen molar-refractivity contribution in [3.8, 4) is 0 Å². The summed E-state index contributed by atoms with van der Waals surface area (Å²) >= 11 is 0. The van der Waals surface area contributed by atoms with Gasteiger partial charge in [-0.1, -0.05) is 135 Å². The van der Waals surface area contributed by atoms with Crippen LogP contribution in [0.1, 0.15) is 136 Å². The molecule has 0 aliphatic rings. The van der Waals surface area contributed by atoms with Crippen LogP contribution in [0.5, 0.6) is 0 Å². The normalized spacial score (nSPS) is 13.3. The predicted molar refractivity (Wildman–Crippen MR) is 227 cm³/mol. The number of methoxy groups -OCH3 is 1. The second kappa shape index (κ2) is 40.6. The van der Waals surface area contributed by atoms with Crippen LogP contribution in [-0.4, -0.2) is 37.5 Å². The number of hydrogen-bond acceptors (Lipinski definition) is 4. The molecular weight excluding hydrogens is 657 g/mol. The van der Waals surface area contributed by atoms with Gasteiger partial charge >= 0.3 is 5.97 Å². The molecule has 0 fully saturated rings. The Hall–Kier alpha value is -4.19. The molecule has 0 saturated carbocycles. The molecule has 0 aliphatic heterocycles. The first-order chi connectivity index (χ1) is 26.0. The number of ether oxygens (including phenoxy) is 1. The standard InChI is InChI=1S/C47H72N2O4/c1-4-6-8-10-12-14-16-18-20-22-24-26-28-30-32-34-36-41-45(50)48-43-39-38-40-44(47(52)53-3)49-46(51)42-37-35-33-31-29-27-25-23-21-19-17-15-13-11-9-7-5-2/h6-9,12-15,18-21,24-27,30-33,44H,4-5,10-11,16-17,22-23,28-29,34-43H2,1-3H3,(H,48,50)(H,49,51). The minimum Gasteiger partial charge on any atom is -0.467 e. The first kappa shape index (κ1) is 48.8. The maximum Gasteiger partial charge on any atom is 0.328 e. The fourth-order valence-electron chi connectivity index (χ4n) is 4.95. The number of unbranched alkanes of at least 4 members (excludes halogenated alkanes) is 3. The minimum absolute atomic E-state index is 0.0442. The molecule has 0 heterocycles. The van der Waals surface area contributed by atoms with Crippen molar-refractivity contribution in [1.82, 2.24) is 10.6 Å². The van der Waals surface area contributed by atoms with Gasteiger partial charge in [0.25, 0.3) is 0 Å². The lowest BCUT2D eigenvalue weighted by Gasteiger charge is -2.16. The Morgan fingerprint density at radius 3 is 1.21 bits per heavy atom. The molecule has 0 spiro atoms. The van der Waals surface area contributed by atoms with Crippen molar-refractivity contribution >= 4 is 17.8 Å². The van der Waals surface area contributed by atoms with Crippen molar-refractivity contribution in [1.29, 1.82) is 0 Å². The number of nitrogens with one attached hydrogen (secondary N) is 2. The third-order valence-electron chi connectivity index (χ3n) is 7.93. The Morgan fingerprint density at radius 2 is 0.830 bits per heavy atom. The van der Waals surface area contributed by atoms with Crippen molar-refractivity contribution in [2.75, 3.05) is 13.7 Å². The molecule has 2 amide bonds. The molecule has 2 N–H and O–H groups in total. The molecule has 0 radical (unpaired) electrons. The highest BCUT2D eigenvalue weighted by Gasteiger charge is 2.20. The summed E-state index contributed by atoms with van der Waals surface area (Å²) in [5, 5.41) is 5.79. The fraction of sp³-hybridized carbons (Fsp3) is 0.511. The van der Waals surface area contributed by atoms with Gasteiger partial charge in [-0.25, -0.2) is 4.79 Å². The first-order valence-electron chi connectivity index (χ1n) is 20.2. The zero-order valence-electron chi connectivity index (χ0n) is 33.4. The van der Waals surface area contributed by atoms with Crippen LogP contribution in [0.2, 0.25) is 0 Å². The van der Waals surface area contributed by atoms with E-state index >= 15 is 0 Å². The quantitative estimate of drug-likeness (QED) is 0.0400. The number of rotatable bonds is 33. The molecule has 0 aromatic heterocycles. The number of allylic oxidation sites excluding steroid dienone is 20. The van der Waals surface area contributed by atoms with E-state index in [0.29, 0.717) is 32.2 Å². The van der Waals surface area contributed by atoms with E-state index in [4.69, 9.17) is 4.74 Å². The van der Waals surface area contributed by atoms with Gasteiger partial charge in [-0.05, 0) is 109 Å². The van der Waals surface area contributed by atoms with Crippen LogP contribution >= 0.6 is 0 Å². The van der Waals surface area contributed by atoms with Gasteiger partial charge in [0.1, 0.15) is 6.04 Å². The van der Waals surface area contributed by atoms with E-state index in [1.165, 1.54) is 7.11 Å². The summed E-state index contributed by atoms with van der Waals surface area (Å²) in [7, 11) is 1.34. The van der Waals surface area contributed by atoms with E-state index in [9.17, 15) is 14.4 Å². The summed E-state index contributed by atoms with van der Waals surface area (Å²) in [5.74, 6) is -0.536. The largest absolute Gasteiger partial charge is 0.467 e. The summed E-state index contributed by atoms with van der Waals surface area (Å²) in [6.45, 7) is 4.84. The highest BCUT2D eigenvalue weighted by molar-refractivity contribution is 5.84. The Balaban J connectivity index is 3.96. The van der Waals surface area contributed by atoms with Crippen molar-refractivity contribution in [2.24, 2.45) is 0 Å². The lowest BCUT2D eigenvalue weighted by Crippen LogP contribution is -2.41. The van der Waals surface area contributed by atoms with E-state index in [1.54, 1.807) is 0 Å². The summed E-state index contributed by atoms with van der Waals surface area (Å²) in [6.07, 6.45) is 59.3. The third-order valence-corrected chi connectivity index (χ3v) is 7.93. The molecule has 53 heavy (non-hydrogen) atoms. The van der Waals surface area contributed by atoms with Crippen LogP contribution in [0.3, 0.4) is 0 Å². The van der Waals surface area contributed by atoms with Gasteiger partial charge in [0.2, 0.25) is 11.8 Å². The molecule has 0 rings (SSSR count). The lowest BCUT2D eigenvalue weighted by molar-refractivity contribution is -0.145. The fourth-order valence-corrected chi connectivity index (χ4v) is 4.95. The van der Waals surface area contributed by atoms with Gasteiger partial charge in [-0.3, -0.25) is 9.59 Å². The summed E-state index contributed by atoms with van der Waals surface area (Å²) < 4.78 is 4.91. The number of esters is 1. The van der Waals surface area contributed by atoms with Gasteiger partial charge in [0.05, 0.1) is 7.11 Å². The zero-order valence-corrected chi connectivity index (χ0v) is 33.4. The number of carbonyl (C=O) groups excluding carboxylic acids is 3. The number of hydrogen-bond donors (Lipinski definition) is 2.